The monoisotopic (exact) mass is 425 g/mol. The number of unbranched alkanes of at least 4 members (excludes halogenated alkanes) is 2. The summed E-state index contributed by atoms with van der Waals surface area (Å²) in [6, 6.07) is 26.6. The fraction of sp³-hybridized carbons (Fsp3) is 0.367. The van der Waals surface area contributed by atoms with Crippen LogP contribution in [0.15, 0.2) is 78.9 Å². The molecule has 1 amide bonds. The molecular formula is C30H35NO. The Bertz CT molecular complexity index is 968. The van der Waals surface area contributed by atoms with Crippen LogP contribution in [0.4, 0.5) is 5.69 Å². The van der Waals surface area contributed by atoms with E-state index in [1.807, 2.05) is 42.5 Å². The molecule has 0 saturated heterocycles. The van der Waals surface area contributed by atoms with E-state index in [2.05, 4.69) is 48.6 Å². The number of nitrogens with one attached hydrogen (secondary N) is 1. The van der Waals surface area contributed by atoms with E-state index in [0.29, 0.717) is 5.56 Å². The minimum atomic E-state index is -0.0808. The van der Waals surface area contributed by atoms with Gasteiger partial charge in [0.05, 0.1) is 0 Å². The number of hydrogen-bond donors (Lipinski definition) is 1. The number of benzene rings is 3. The van der Waals surface area contributed by atoms with E-state index in [1.54, 1.807) is 0 Å². The second-order valence-electron chi connectivity index (χ2n) is 9.23. The molecule has 0 radical (unpaired) electrons. The van der Waals surface area contributed by atoms with Crippen LogP contribution in [0.1, 0.15) is 80.1 Å². The molecule has 1 aliphatic rings. The smallest absolute Gasteiger partial charge is 0.255 e. The van der Waals surface area contributed by atoms with Gasteiger partial charge in [-0.3, -0.25) is 4.79 Å². The third-order valence-corrected chi connectivity index (χ3v) is 6.96. The minimum absolute atomic E-state index is 0.0808. The van der Waals surface area contributed by atoms with Crippen LogP contribution in [0.3, 0.4) is 0 Å². The van der Waals surface area contributed by atoms with E-state index < -0.39 is 0 Å². The Morgan fingerprint density at radius 1 is 0.781 bits per heavy atom. The van der Waals surface area contributed by atoms with Crippen LogP contribution in [0.5, 0.6) is 0 Å². The maximum atomic E-state index is 12.3. The standard InChI is InChI=1S/C30H35NO/c1-2-3-5-8-23-11-13-24(14-12-23)25-15-17-26(18-16-25)27-19-21-29(22-20-27)31-30(32)28-9-6-4-7-10-28/h4,6-7,9-10,15-24H,2-3,5,8,11-14H2,1H3,(H,31,32). The van der Waals surface area contributed by atoms with Crippen molar-refractivity contribution in [1.29, 1.82) is 0 Å². The van der Waals surface area contributed by atoms with Crippen LogP contribution >= 0.6 is 0 Å². The second kappa shape index (κ2) is 11.1. The Kier molecular flexibility index (Phi) is 7.77. The van der Waals surface area contributed by atoms with Crippen molar-refractivity contribution in [3.05, 3.63) is 90.0 Å². The molecule has 1 saturated carbocycles. The van der Waals surface area contributed by atoms with Gasteiger partial charge in [0.2, 0.25) is 0 Å². The van der Waals surface area contributed by atoms with Gasteiger partial charge in [-0.2, -0.15) is 0 Å². The summed E-state index contributed by atoms with van der Waals surface area (Å²) in [5.41, 5.74) is 5.38. The Balaban J connectivity index is 1.32. The predicted molar refractivity (Wildman–Crippen MR) is 135 cm³/mol. The van der Waals surface area contributed by atoms with Gasteiger partial charge in [-0.15, -0.1) is 0 Å². The molecule has 1 N–H and O–H groups in total. The van der Waals surface area contributed by atoms with Crippen LogP contribution in [0, 0.1) is 5.92 Å². The highest BCUT2D eigenvalue weighted by Gasteiger charge is 2.22. The van der Waals surface area contributed by atoms with Gasteiger partial charge in [0.1, 0.15) is 0 Å². The van der Waals surface area contributed by atoms with Gasteiger partial charge in [0.15, 0.2) is 0 Å². The van der Waals surface area contributed by atoms with Crippen LogP contribution in [-0.4, -0.2) is 5.91 Å². The van der Waals surface area contributed by atoms with Crippen molar-refractivity contribution in [2.75, 3.05) is 5.32 Å². The summed E-state index contributed by atoms with van der Waals surface area (Å²) < 4.78 is 0. The van der Waals surface area contributed by atoms with Crippen molar-refractivity contribution in [3.8, 4) is 11.1 Å². The highest BCUT2D eigenvalue weighted by molar-refractivity contribution is 6.04. The first kappa shape index (κ1) is 22.3. The van der Waals surface area contributed by atoms with E-state index >= 15 is 0 Å². The van der Waals surface area contributed by atoms with Crippen molar-refractivity contribution in [1.82, 2.24) is 0 Å². The highest BCUT2D eigenvalue weighted by Crippen LogP contribution is 2.38. The maximum absolute atomic E-state index is 12.3. The van der Waals surface area contributed by atoms with Crippen LogP contribution in [0.2, 0.25) is 0 Å². The first-order chi connectivity index (χ1) is 15.7. The van der Waals surface area contributed by atoms with E-state index in [0.717, 1.165) is 17.5 Å². The van der Waals surface area contributed by atoms with Gasteiger partial charge in [0, 0.05) is 11.3 Å². The van der Waals surface area contributed by atoms with Crippen molar-refractivity contribution < 1.29 is 4.79 Å². The lowest BCUT2D eigenvalue weighted by molar-refractivity contribution is 0.102. The molecule has 0 atom stereocenters. The summed E-state index contributed by atoms with van der Waals surface area (Å²) in [5.74, 6) is 1.60. The molecular weight excluding hydrogens is 390 g/mol. The van der Waals surface area contributed by atoms with Crippen LogP contribution in [0.25, 0.3) is 11.1 Å². The van der Waals surface area contributed by atoms with E-state index in [-0.39, 0.29) is 5.91 Å². The summed E-state index contributed by atoms with van der Waals surface area (Å²) in [6.45, 7) is 2.29. The Morgan fingerprint density at radius 2 is 1.41 bits per heavy atom. The largest absolute Gasteiger partial charge is 0.322 e. The lowest BCUT2D eigenvalue weighted by atomic mass is 9.77. The van der Waals surface area contributed by atoms with E-state index in [4.69, 9.17) is 0 Å². The molecule has 1 aliphatic carbocycles. The minimum Gasteiger partial charge on any atom is -0.322 e. The molecule has 32 heavy (non-hydrogen) atoms. The number of hydrogen-bond acceptors (Lipinski definition) is 1. The summed E-state index contributed by atoms with van der Waals surface area (Å²) in [6.07, 6.45) is 11.0. The van der Waals surface area contributed by atoms with Crippen molar-refractivity contribution in [2.24, 2.45) is 5.92 Å². The topological polar surface area (TPSA) is 29.1 Å². The average Bonchev–Trinajstić information content (AvgIpc) is 2.86. The molecule has 3 aromatic carbocycles. The fourth-order valence-corrected chi connectivity index (χ4v) is 4.95. The van der Waals surface area contributed by atoms with Gasteiger partial charge in [-0.25, -0.2) is 0 Å². The molecule has 1 fully saturated rings. The van der Waals surface area contributed by atoms with Gasteiger partial charge < -0.3 is 5.32 Å². The first-order valence-corrected chi connectivity index (χ1v) is 12.3. The van der Waals surface area contributed by atoms with Crippen molar-refractivity contribution in [2.45, 2.75) is 64.2 Å². The van der Waals surface area contributed by atoms with E-state index in [9.17, 15) is 4.79 Å². The summed E-state index contributed by atoms with van der Waals surface area (Å²) in [4.78, 5) is 12.3. The van der Waals surface area contributed by atoms with Gasteiger partial charge >= 0.3 is 0 Å². The zero-order chi connectivity index (χ0) is 22.2. The molecule has 3 aromatic rings. The average molecular weight is 426 g/mol. The van der Waals surface area contributed by atoms with Crippen molar-refractivity contribution in [3.63, 3.8) is 0 Å². The second-order valence-corrected chi connectivity index (χ2v) is 9.23. The Hall–Kier alpha value is -2.87. The number of carbonyl (C=O) groups excluding carboxylic acids is 1. The molecule has 0 spiro atoms. The molecule has 4 rings (SSSR count). The van der Waals surface area contributed by atoms with Gasteiger partial charge in [-0.05, 0) is 78.5 Å². The first-order valence-electron chi connectivity index (χ1n) is 12.3. The third kappa shape index (κ3) is 5.88. The predicted octanol–water partition coefficient (Wildman–Crippen LogP) is 8.46. The quantitative estimate of drug-likeness (QED) is 0.360. The normalized spacial score (nSPS) is 18.3. The van der Waals surface area contributed by atoms with Crippen LogP contribution in [-0.2, 0) is 0 Å². The molecule has 166 valence electrons. The SMILES string of the molecule is CCCCCC1CCC(c2ccc(-c3ccc(NC(=O)c4ccccc4)cc3)cc2)CC1. The Labute approximate surface area is 193 Å². The molecule has 0 bridgehead atoms. The molecule has 0 aromatic heterocycles. The number of anilines is 1. The summed E-state index contributed by atoms with van der Waals surface area (Å²) in [5, 5.41) is 2.97. The Morgan fingerprint density at radius 3 is 2.03 bits per heavy atom. The fourth-order valence-electron chi connectivity index (χ4n) is 4.95. The van der Waals surface area contributed by atoms with Crippen LogP contribution < -0.4 is 5.32 Å². The lowest BCUT2D eigenvalue weighted by Crippen LogP contribution is -2.13. The number of carbonyl (C=O) groups is 1. The maximum Gasteiger partial charge on any atom is 0.255 e. The van der Waals surface area contributed by atoms with Crippen molar-refractivity contribution >= 4 is 11.6 Å². The highest BCUT2D eigenvalue weighted by atomic mass is 16.1. The van der Waals surface area contributed by atoms with Gasteiger partial charge in [-0.1, -0.05) is 87.2 Å². The molecule has 0 aliphatic heterocycles. The van der Waals surface area contributed by atoms with E-state index in [1.165, 1.54) is 68.1 Å². The zero-order valence-electron chi connectivity index (χ0n) is 19.2. The molecule has 2 nitrogen and oxygen atoms in total. The zero-order valence-corrected chi connectivity index (χ0v) is 19.2. The summed E-state index contributed by atoms with van der Waals surface area (Å²) in [7, 11) is 0. The lowest BCUT2D eigenvalue weighted by Gasteiger charge is -2.29. The molecule has 2 heteroatoms. The van der Waals surface area contributed by atoms with Gasteiger partial charge in [0.25, 0.3) is 5.91 Å². The summed E-state index contributed by atoms with van der Waals surface area (Å²) >= 11 is 0. The molecule has 0 unspecified atom stereocenters. The third-order valence-electron chi connectivity index (χ3n) is 6.96. The molecule has 0 heterocycles. The number of amides is 1. The number of rotatable bonds is 8.